The first-order chi connectivity index (χ1) is 14.3. The minimum absolute atomic E-state index is 0.260. The van der Waals surface area contributed by atoms with Crippen molar-refractivity contribution in [3.8, 4) is 34.1 Å². The van der Waals surface area contributed by atoms with Gasteiger partial charge in [-0.05, 0) is 66.1 Å². The summed E-state index contributed by atoms with van der Waals surface area (Å²) in [5.41, 5.74) is 4.51. The van der Waals surface area contributed by atoms with Gasteiger partial charge in [0.2, 0.25) is 6.79 Å². The molecule has 1 fully saturated rings. The molecule has 29 heavy (non-hydrogen) atoms. The normalized spacial score (nSPS) is 16.8. The number of hydrogen-bond donors (Lipinski definition) is 0. The van der Waals surface area contributed by atoms with Gasteiger partial charge in [0.15, 0.2) is 23.0 Å². The van der Waals surface area contributed by atoms with Gasteiger partial charge in [-0.1, -0.05) is 12.1 Å². The SMILES string of the molecule is c1coc(Cc2cc(CC3CC3)c3c(c2-c2ccc4c(c2)OCO4)OCCO3)c1. The molecule has 0 saturated heterocycles. The van der Waals surface area contributed by atoms with E-state index in [-0.39, 0.29) is 6.79 Å². The van der Waals surface area contributed by atoms with Crippen LogP contribution in [0.4, 0.5) is 0 Å². The van der Waals surface area contributed by atoms with Gasteiger partial charge in [0, 0.05) is 12.0 Å². The molecule has 0 atom stereocenters. The first-order valence-corrected chi connectivity index (χ1v) is 10.2. The van der Waals surface area contributed by atoms with Crippen molar-refractivity contribution in [2.24, 2.45) is 5.92 Å². The second-order valence-corrected chi connectivity index (χ2v) is 7.90. The molecular formula is C24H22O5. The summed E-state index contributed by atoms with van der Waals surface area (Å²) in [6.07, 6.45) is 6.06. The summed E-state index contributed by atoms with van der Waals surface area (Å²) in [5.74, 6) is 4.98. The van der Waals surface area contributed by atoms with Crippen molar-refractivity contribution in [1.29, 1.82) is 0 Å². The van der Waals surface area contributed by atoms with Crippen LogP contribution in [-0.4, -0.2) is 20.0 Å². The van der Waals surface area contributed by atoms with E-state index in [1.54, 1.807) is 6.26 Å². The Labute approximate surface area is 169 Å². The summed E-state index contributed by atoms with van der Waals surface area (Å²) in [4.78, 5) is 0. The first kappa shape index (κ1) is 16.8. The number of ether oxygens (including phenoxy) is 4. The fraction of sp³-hybridized carbons (Fsp3) is 0.333. The summed E-state index contributed by atoms with van der Waals surface area (Å²) in [5, 5.41) is 0. The molecule has 1 aliphatic carbocycles. The Bertz CT molecular complexity index is 1050. The van der Waals surface area contributed by atoms with Gasteiger partial charge in [-0.3, -0.25) is 0 Å². The van der Waals surface area contributed by atoms with E-state index in [1.807, 2.05) is 24.3 Å². The van der Waals surface area contributed by atoms with Gasteiger partial charge in [0.1, 0.15) is 19.0 Å². The quantitative estimate of drug-likeness (QED) is 0.614. The third-order valence-corrected chi connectivity index (χ3v) is 5.78. The molecule has 2 aliphatic heterocycles. The lowest BCUT2D eigenvalue weighted by atomic mass is 9.91. The highest BCUT2D eigenvalue weighted by Gasteiger charge is 2.30. The molecule has 3 aromatic rings. The molecule has 5 heteroatoms. The van der Waals surface area contributed by atoms with Crippen LogP contribution in [0, 0.1) is 5.92 Å². The molecule has 0 N–H and O–H groups in total. The Morgan fingerprint density at radius 3 is 2.52 bits per heavy atom. The number of fused-ring (bicyclic) bond motifs is 2. The van der Waals surface area contributed by atoms with Crippen LogP contribution in [-0.2, 0) is 12.8 Å². The Morgan fingerprint density at radius 2 is 1.69 bits per heavy atom. The molecule has 0 radical (unpaired) electrons. The highest BCUT2D eigenvalue weighted by Crippen LogP contribution is 2.49. The maximum Gasteiger partial charge on any atom is 0.231 e. The molecule has 1 saturated carbocycles. The Balaban J connectivity index is 1.53. The fourth-order valence-electron chi connectivity index (χ4n) is 4.23. The molecule has 148 valence electrons. The van der Waals surface area contributed by atoms with Crippen LogP contribution in [0.1, 0.15) is 29.7 Å². The van der Waals surface area contributed by atoms with Crippen molar-refractivity contribution in [3.63, 3.8) is 0 Å². The number of furan rings is 1. The smallest absolute Gasteiger partial charge is 0.231 e. The van der Waals surface area contributed by atoms with Crippen LogP contribution < -0.4 is 18.9 Å². The van der Waals surface area contributed by atoms with E-state index in [2.05, 4.69) is 12.1 Å². The molecule has 3 aliphatic rings. The van der Waals surface area contributed by atoms with Crippen molar-refractivity contribution in [2.75, 3.05) is 20.0 Å². The molecule has 3 heterocycles. The summed E-state index contributed by atoms with van der Waals surface area (Å²) in [7, 11) is 0. The van der Waals surface area contributed by atoms with E-state index in [0.29, 0.717) is 19.6 Å². The Hall–Kier alpha value is -3.08. The van der Waals surface area contributed by atoms with Crippen LogP contribution in [0.15, 0.2) is 47.1 Å². The summed E-state index contributed by atoms with van der Waals surface area (Å²) in [6, 6.07) is 12.3. The monoisotopic (exact) mass is 390 g/mol. The average Bonchev–Trinajstić information content (AvgIpc) is 3.21. The molecule has 0 amide bonds. The third-order valence-electron chi connectivity index (χ3n) is 5.78. The molecular weight excluding hydrogens is 368 g/mol. The summed E-state index contributed by atoms with van der Waals surface area (Å²) < 4.78 is 29.1. The lowest BCUT2D eigenvalue weighted by Crippen LogP contribution is -2.18. The van der Waals surface area contributed by atoms with Gasteiger partial charge < -0.3 is 23.4 Å². The standard InChI is InChI=1S/C24H22O5/c1-2-19(25-7-1)12-17-11-18(10-15-3-4-15)23-24(27-9-8-26-23)22(17)16-5-6-20-21(13-16)29-14-28-20/h1-2,5-7,11,13,15H,3-4,8-10,12,14H2. The highest BCUT2D eigenvalue weighted by atomic mass is 16.7. The topological polar surface area (TPSA) is 50.1 Å². The van der Waals surface area contributed by atoms with E-state index in [4.69, 9.17) is 23.4 Å². The maximum atomic E-state index is 6.20. The van der Waals surface area contributed by atoms with E-state index in [1.165, 1.54) is 24.0 Å². The lowest BCUT2D eigenvalue weighted by Gasteiger charge is -2.26. The predicted molar refractivity (Wildman–Crippen MR) is 107 cm³/mol. The zero-order chi connectivity index (χ0) is 19.2. The van der Waals surface area contributed by atoms with E-state index in [9.17, 15) is 0 Å². The van der Waals surface area contributed by atoms with E-state index in [0.717, 1.165) is 52.2 Å². The van der Waals surface area contributed by atoms with Crippen LogP contribution in [0.25, 0.3) is 11.1 Å². The number of hydrogen-bond acceptors (Lipinski definition) is 5. The van der Waals surface area contributed by atoms with E-state index < -0.39 is 0 Å². The molecule has 2 aromatic carbocycles. The molecule has 6 rings (SSSR count). The average molecular weight is 390 g/mol. The third kappa shape index (κ3) is 3.11. The van der Waals surface area contributed by atoms with Gasteiger partial charge >= 0.3 is 0 Å². The maximum absolute atomic E-state index is 6.20. The first-order valence-electron chi connectivity index (χ1n) is 10.2. The molecule has 1 aromatic heterocycles. The number of benzene rings is 2. The molecule has 5 nitrogen and oxygen atoms in total. The van der Waals surface area contributed by atoms with Gasteiger partial charge in [-0.15, -0.1) is 0 Å². The Kier molecular flexibility index (Phi) is 3.93. The van der Waals surface area contributed by atoms with Crippen LogP contribution in [0.5, 0.6) is 23.0 Å². The van der Waals surface area contributed by atoms with Crippen LogP contribution in [0.3, 0.4) is 0 Å². The minimum atomic E-state index is 0.260. The largest absolute Gasteiger partial charge is 0.486 e. The van der Waals surface area contributed by atoms with Gasteiger partial charge in [-0.2, -0.15) is 0 Å². The Morgan fingerprint density at radius 1 is 0.828 bits per heavy atom. The predicted octanol–water partition coefficient (Wildman–Crippen LogP) is 4.99. The molecule has 0 unspecified atom stereocenters. The van der Waals surface area contributed by atoms with Gasteiger partial charge in [0.05, 0.1) is 6.26 Å². The second kappa shape index (κ2) is 6.76. The van der Waals surface area contributed by atoms with Crippen molar-refractivity contribution in [2.45, 2.75) is 25.7 Å². The number of rotatable bonds is 5. The zero-order valence-electron chi connectivity index (χ0n) is 16.1. The summed E-state index contributed by atoms with van der Waals surface area (Å²) in [6.45, 7) is 1.40. The molecule has 0 bridgehead atoms. The minimum Gasteiger partial charge on any atom is -0.486 e. The fourth-order valence-corrected chi connectivity index (χ4v) is 4.23. The van der Waals surface area contributed by atoms with E-state index >= 15 is 0 Å². The van der Waals surface area contributed by atoms with Gasteiger partial charge in [-0.25, -0.2) is 0 Å². The summed E-state index contributed by atoms with van der Waals surface area (Å²) >= 11 is 0. The van der Waals surface area contributed by atoms with Crippen molar-refractivity contribution in [3.05, 3.63) is 59.5 Å². The lowest BCUT2D eigenvalue weighted by molar-refractivity contribution is 0.170. The zero-order valence-corrected chi connectivity index (χ0v) is 16.1. The van der Waals surface area contributed by atoms with Gasteiger partial charge in [0.25, 0.3) is 0 Å². The second-order valence-electron chi connectivity index (χ2n) is 7.90. The van der Waals surface area contributed by atoms with Crippen molar-refractivity contribution >= 4 is 0 Å². The molecule has 0 spiro atoms. The van der Waals surface area contributed by atoms with Crippen LogP contribution in [0.2, 0.25) is 0 Å². The van der Waals surface area contributed by atoms with Crippen molar-refractivity contribution in [1.82, 2.24) is 0 Å². The van der Waals surface area contributed by atoms with Crippen molar-refractivity contribution < 1.29 is 23.4 Å². The highest BCUT2D eigenvalue weighted by molar-refractivity contribution is 5.80. The van der Waals surface area contributed by atoms with Crippen LogP contribution >= 0.6 is 0 Å².